The van der Waals surface area contributed by atoms with Gasteiger partial charge in [-0.25, -0.2) is 0 Å². The number of aryl methyl sites for hydroxylation is 2. The minimum atomic E-state index is -0.243. The van der Waals surface area contributed by atoms with Crippen LogP contribution in [0.25, 0.3) is 11.4 Å². The first-order chi connectivity index (χ1) is 13.6. The number of carbonyl (C=O) groups is 1. The van der Waals surface area contributed by atoms with Gasteiger partial charge in [0, 0.05) is 12.6 Å². The molecule has 0 radical (unpaired) electrons. The molecule has 0 saturated carbocycles. The molecule has 0 aliphatic heterocycles. The SMILES string of the molecule is COc1ccccc1-c1nnc(S[C@H](C)C(=O)c2ccc3c(c2)CCC3)n1C. The van der Waals surface area contributed by atoms with Crippen LogP contribution in [0.4, 0.5) is 0 Å². The van der Waals surface area contributed by atoms with Crippen LogP contribution in [-0.4, -0.2) is 32.9 Å². The van der Waals surface area contributed by atoms with E-state index < -0.39 is 0 Å². The largest absolute Gasteiger partial charge is 0.496 e. The molecule has 1 aliphatic rings. The van der Waals surface area contributed by atoms with Gasteiger partial charge in [0.05, 0.1) is 17.9 Å². The smallest absolute Gasteiger partial charge is 0.191 e. The molecule has 5 nitrogen and oxygen atoms in total. The van der Waals surface area contributed by atoms with Gasteiger partial charge in [-0.05, 0) is 55.5 Å². The Morgan fingerprint density at radius 3 is 2.75 bits per heavy atom. The van der Waals surface area contributed by atoms with Gasteiger partial charge in [0.2, 0.25) is 0 Å². The monoisotopic (exact) mass is 393 g/mol. The molecule has 144 valence electrons. The first-order valence-corrected chi connectivity index (χ1v) is 10.3. The van der Waals surface area contributed by atoms with Crippen LogP contribution in [0.3, 0.4) is 0 Å². The Bertz CT molecular complexity index is 1030. The van der Waals surface area contributed by atoms with E-state index >= 15 is 0 Å². The van der Waals surface area contributed by atoms with E-state index in [1.165, 1.54) is 29.3 Å². The molecule has 1 atom stereocenters. The highest BCUT2D eigenvalue weighted by Crippen LogP contribution is 2.32. The van der Waals surface area contributed by atoms with Crippen molar-refractivity contribution in [2.45, 2.75) is 36.6 Å². The number of fused-ring (bicyclic) bond motifs is 1. The van der Waals surface area contributed by atoms with Crippen LogP contribution in [0, 0.1) is 0 Å². The van der Waals surface area contributed by atoms with E-state index in [1.54, 1.807) is 7.11 Å². The molecule has 0 bridgehead atoms. The second kappa shape index (κ2) is 7.80. The van der Waals surface area contributed by atoms with Crippen LogP contribution in [-0.2, 0) is 19.9 Å². The minimum absolute atomic E-state index is 0.126. The molecule has 2 aromatic carbocycles. The summed E-state index contributed by atoms with van der Waals surface area (Å²) in [6.07, 6.45) is 3.38. The quantitative estimate of drug-likeness (QED) is 0.460. The highest BCUT2D eigenvalue weighted by molar-refractivity contribution is 8.00. The molecule has 0 saturated heterocycles. The second-order valence-electron chi connectivity index (χ2n) is 7.03. The highest BCUT2D eigenvalue weighted by Gasteiger charge is 2.22. The van der Waals surface area contributed by atoms with Crippen molar-refractivity contribution in [3.05, 3.63) is 59.2 Å². The molecule has 1 aliphatic carbocycles. The third kappa shape index (κ3) is 3.44. The summed E-state index contributed by atoms with van der Waals surface area (Å²) in [6, 6.07) is 13.9. The van der Waals surface area contributed by atoms with E-state index in [0.717, 1.165) is 35.5 Å². The lowest BCUT2D eigenvalue weighted by molar-refractivity contribution is 0.0993. The number of hydrogen-bond acceptors (Lipinski definition) is 5. The van der Waals surface area contributed by atoms with Gasteiger partial charge in [-0.3, -0.25) is 4.79 Å². The zero-order valence-electron chi connectivity index (χ0n) is 16.3. The molecule has 0 unspecified atom stereocenters. The Hall–Kier alpha value is -2.60. The van der Waals surface area contributed by atoms with Crippen LogP contribution in [0.5, 0.6) is 5.75 Å². The van der Waals surface area contributed by atoms with Gasteiger partial charge >= 0.3 is 0 Å². The number of hydrogen-bond donors (Lipinski definition) is 0. The topological polar surface area (TPSA) is 57.0 Å². The number of methoxy groups -OCH3 is 1. The minimum Gasteiger partial charge on any atom is -0.496 e. The van der Waals surface area contributed by atoms with Crippen LogP contribution < -0.4 is 4.74 Å². The first kappa shape index (κ1) is 18.7. The van der Waals surface area contributed by atoms with Gasteiger partial charge in [0.15, 0.2) is 16.8 Å². The van der Waals surface area contributed by atoms with Crippen molar-refractivity contribution in [3.8, 4) is 17.1 Å². The Kier molecular flexibility index (Phi) is 5.22. The number of carbonyl (C=O) groups excluding carboxylic acids is 1. The number of thioether (sulfide) groups is 1. The summed E-state index contributed by atoms with van der Waals surface area (Å²) in [4.78, 5) is 12.9. The standard InChI is InChI=1S/C22H23N3O2S/c1-14(20(26)17-12-11-15-7-6-8-16(15)13-17)28-22-24-23-21(25(22)2)18-9-4-5-10-19(18)27-3/h4-5,9-14H,6-8H2,1-3H3/t14-/m1/s1. The molecular weight excluding hydrogens is 370 g/mol. The van der Waals surface area contributed by atoms with Gasteiger partial charge in [0.1, 0.15) is 5.75 Å². The second-order valence-corrected chi connectivity index (χ2v) is 8.33. The summed E-state index contributed by atoms with van der Waals surface area (Å²) in [5, 5.41) is 9.11. The number of benzene rings is 2. The van der Waals surface area contributed by atoms with Crippen molar-refractivity contribution in [3.63, 3.8) is 0 Å². The van der Waals surface area contributed by atoms with Crippen LogP contribution in [0.1, 0.15) is 34.8 Å². The Morgan fingerprint density at radius 2 is 1.93 bits per heavy atom. The third-order valence-electron chi connectivity index (χ3n) is 5.22. The van der Waals surface area contributed by atoms with E-state index in [1.807, 2.05) is 48.9 Å². The molecular formula is C22H23N3O2S. The fourth-order valence-corrected chi connectivity index (χ4v) is 4.54. The average molecular weight is 394 g/mol. The summed E-state index contributed by atoms with van der Waals surface area (Å²) in [6.45, 7) is 1.93. The van der Waals surface area contributed by atoms with Gasteiger partial charge in [-0.1, -0.05) is 36.0 Å². The molecule has 28 heavy (non-hydrogen) atoms. The maximum absolute atomic E-state index is 12.9. The number of ether oxygens (including phenoxy) is 1. The molecule has 6 heteroatoms. The van der Waals surface area contributed by atoms with Gasteiger partial charge in [-0.15, -0.1) is 10.2 Å². The van der Waals surface area contributed by atoms with Crippen LogP contribution >= 0.6 is 11.8 Å². The lowest BCUT2D eigenvalue weighted by Crippen LogP contribution is -2.14. The van der Waals surface area contributed by atoms with Crippen molar-refractivity contribution in [1.82, 2.24) is 14.8 Å². The molecule has 1 heterocycles. The summed E-state index contributed by atoms with van der Waals surface area (Å²) >= 11 is 1.43. The summed E-state index contributed by atoms with van der Waals surface area (Å²) in [7, 11) is 3.55. The van der Waals surface area contributed by atoms with Crippen molar-refractivity contribution >= 4 is 17.5 Å². The Balaban J connectivity index is 1.54. The van der Waals surface area contributed by atoms with E-state index in [-0.39, 0.29) is 11.0 Å². The van der Waals surface area contributed by atoms with Crippen LogP contribution in [0.2, 0.25) is 0 Å². The van der Waals surface area contributed by atoms with Crippen LogP contribution in [0.15, 0.2) is 47.6 Å². The fourth-order valence-electron chi connectivity index (χ4n) is 3.65. The van der Waals surface area contributed by atoms with E-state index in [0.29, 0.717) is 5.16 Å². The lowest BCUT2D eigenvalue weighted by Gasteiger charge is -2.12. The van der Waals surface area contributed by atoms with E-state index in [2.05, 4.69) is 22.3 Å². The Labute approximate surface area is 169 Å². The number of nitrogens with zero attached hydrogens (tertiary/aromatic N) is 3. The number of para-hydroxylation sites is 1. The van der Waals surface area contributed by atoms with Crippen molar-refractivity contribution in [1.29, 1.82) is 0 Å². The van der Waals surface area contributed by atoms with Crippen molar-refractivity contribution < 1.29 is 9.53 Å². The lowest BCUT2D eigenvalue weighted by atomic mass is 10.0. The maximum Gasteiger partial charge on any atom is 0.191 e. The molecule has 0 spiro atoms. The summed E-state index contributed by atoms with van der Waals surface area (Å²) in [5.74, 6) is 1.59. The summed E-state index contributed by atoms with van der Waals surface area (Å²) < 4.78 is 7.35. The van der Waals surface area contributed by atoms with Crippen molar-refractivity contribution in [2.24, 2.45) is 7.05 Å². The third-order valence-corrected chi connectivity index (χ3v) is 6.35. The number of aromatic nitrogens is 3. The average Bonchev–Trinajstić information content (AvgIpc) is 3.33. The fraction of sp³-hybridized carbons (Fsp3) is 0.318. The maximum atomic E-state index is 12.9. The molecule has 4 rings (SSSR count). The van der Waals surface area contributed by atoms with Gasteiger partial charge < -0.3 is 9.30 Å². The van der Waals surface area contributed by atoms with Crippen molar-refractivity contribution in [2.75, 3.05) is 7.11 Å². The predicted octanol–water partition coefficient (Wildman–Crippen LogP) is 4.34. The van der Waals surface area contributed by atoms with E-state index in [9.17, 15) is 4.79 Å². The van der Waals surface area contributed by atoms with E-state index in [4.69, 9.17) is 4.74 Å². The normalized spacial score (nSPS) is 14.0. The molecule has 1 aromatic heterocycles. The molecule has 3 aromatic rings. The number of Topliss-reactive ketones (excluding diaryl/α,β-unsaturated/α-hetero) is 1. The van der Waals surface area contributed by atoms with Gasteiger partial charge in [0.25, 0.3) is 0 Å². The zero-order valence-corrected chi connectivity index (χ0v) is 17.1. The predicted molar refractivity (Wildman–Crippen MR) is 111 cm³/mol. The number of rotatable bonds is 6. The number of ketones is 1. The summed E-state index contributed by atoms with van der Waals surface area (Å²) in [5.41, 5.74) is 4.36. The molecule has 0 amide bonds. The first-order valence-electron chi connectivity index (χ1n) is 9.44. The zero-order chi connectivity index (χ0) is 19.7. The Morgan fingerprint density at radius 1 is 1.14 bits per heavy atom. The highest BCUT2D eigenvalue weighted by atomic mass is 32.2. The molecule has 0 fully saturated rings. The molecule has 0 N–H and O–H groups in total. The van der Waals surface area contributed by atoms with Gasteiger partial charge in [-0.2, -0.15) is 0 Å².